The van der Waals surface area contributed by atoms with Crippen molar-refractivity contribution in [2.24, 2.45) is 5.92 Å². The van der Waals surface area contributed by atoms with Crippen molar-refractivity contribution < 1.29 is 4.79 Å². The van der Waals surface area contributed by atoms with E-state index in [9.17, 15) is 4.79 Å². The number of carbonyl (C=O) groups is 1. The summed E-state index contributed by atoms with van der Waals surface area (Å²) in [5, 5.41) is 4.16. The number of aryl methyl sites for hydroxylation is 1. The van der Waals surface area contributed by atoms with Crippen molar-refractivity contribution >= 4 is 33.3 Å². The standard InChI is InChI=1S/C17H24N4OS/c1-3-7-18-16(22)12-6-5-8-21(10-12)15-14-9-13(4-2)23-17(14)20-11-19-15/h9,11-12H,3-8,10H2,1-2H3,(H,18,22). The molecule has 2 aromatic heterocycles. The van der Waals surface area contributed by atoms with Gasteiger partial charge in [-0.3, -0.25) is 4.79 Å². The van der Waals surface area contributed by atoms with Crippen LogP contribution in [0.5, 0.6) is 0 Å². The van der Waals surface area contributed by atoms with Crippen molar-refractivity contribution in [1.29, 1.82) is 0 Å². The molecule has 2 aromatic rings. The van der Waals surface area contributed by atoms with Gasteiger partial charge in [0.1, 0.15) is 17.0 Å². The summed E-state index contributed by atoms with van der Waals surface area (Å²) in [6.07, 6.45) is 5.63. The quantitative estimate of drug-likeness (QED) is 0.914. The number of rotatable bonds is 5. The molecule has 1 N–H and O–H groups in total. The summed E-state index contributed by atoms with van der Waals surface area (Å²) in [6, 6.07) is 2.20. The van der Waals surface area contributed by atoms with E-state index in [-0.39, 0.29) is 11.8 Å². The SMILES string of the molecule is CCCNC(=O)C1CCCN(c2ncnc3sc(CC)cc23)C1. The van der Waals surface area contributed by atoms with Gasteiger partial charge >= 0.3 is 0 Å². The molecule has 0 aliphatic carbocycles. The molecule has 5 nitrogen and oxygen atoms in total. The number of amides is 1. The summed E-state index contributed by atoms with van der Waals surface area (Å²) in [4.78, 5) is 25.8. The molecule has 3 rings (SSSR count). The molecule has 6 heteroatoms. The maximum Gasteiger partial charge on any atom is 0.224 e. The average molecular weight is 332 g/mol. The minimum Gasteiger partial charge on any atom is -0.356 e. The van der Waals surface area contributed by atoms with Crippen LogP contribution < -0.4 is 10.2 Å². The molecule has 1 atom stereocenters. The Morgan fingerprint density at radius 1 is 1.43 bits per heavy atom. The third-order valence-corrected chi connectivity index (χ3v) is 5.54. The first-order valence-electron chi connectivity index (χ1n) is 8.49. The summed E-state index contributed by atoms with van der Waals surface area (Å²) in [5.41, 5.74) is 0. The Morgan fingerprint density at radius 2 is 2.30 bits per heavy atom. The summed E-state index contributed by atoms with van der Waals surface area (Å²) in [7, 11) is 0. The van der Waals surface area contributed by atoms with Gasteiger partial charge in [-0.1, -0.05) is 13.8 Å². The van der Waals surface area contributed by atoms with Gasteiger partial charge in [0, 0.05) is 24.5 Å². The van der Waals surface area contributed by atoms with Crippen LogP contribution >= 0.6 is 11.3 Å². The predicted octanol–water partition coefficient (Wildman–Crippen LogP) is 3.00. The molecule has 23 heavy (non-hydrogen) atoms. The van der Waals surface area contributed by atoms with Crippen LogP contribution in [0.2, 0.25) is 0 Å². The third kappa shape index (κ3) is 3.47. The van der Waals surface area contributed by atoms with Gasteiger partial charge in [-0.2, -0.15) is 0 Å². The van der Waals surface area contributed by atoms with Crippen molar-refractivity contribution in [1.82, 2.24) is 15.3 Å². The first kappa shape index (κ1) is 16.2. The summed E-state index contributed by atoms with van der Waals surface area (Å²) in [5.74, 6) is 1.23. The number of thiophene rings is 1. The number of anilines is 1. The summed E-state index contributed by atoms with van der Waals surface area (Å²) >= 11 is 1.74. The predicted molar refractivity (Wildman–Crippen MR) is 95.0 cm³/mol. The lowest BCUT2D eigenvalue weighted by Crippen LogP contribution is -2.43. The van der Waals surface area contributed by atoms with Gasteiger partial charge < -0.3 is 10.2 Å². The minimum absolute atomic E-state index is 0.0598. The monoisotopic (exact) mass is 332 g/mol. The largest absolute Gasteiger partial charge is 0.356 e. The molecule has 0 radical (unpaired) electrons. The first-order valence-corrected chi connectivity index (χ1v) is 9.30. The molecule has 124 valence electrons. The summed E-state index contributed by atoms with van der Waals surface area (Å²) in [6.45, 7) is 6.71. The number of aromatic nitrogens is 2. The molecule has 0 aromatic carbocycles. The Morgan fingerprint density at radius 3 is 3.09 bits per heavy atom. The van der Waals surface area contributed by atoms with Gasteiger partial charge in [-0.25, -0.2) is 9.97 Å². The highest BCUT2D eigenvalue weighted by Crippen LogP contribution is 2.32. The topological polar surface area (TPSA) is 58.1 Å². The smallest absolute Gasteiger partial charge is 0.224 e. The van der Waals surface area contributed by atoms with E-state index in [2.05, 4.69) is 40.1 Å². The zero-order valence-electron chi connectivity index (χ0n) is 13.8. The molecule has 0 saturated carbocycles. The highest BCUT2D eigenvalue weighted by atomic mass is 32.1. The molecular formula is C17H24N4OS. The molecule has 0 spiro atoms. The van der Waals surface area contributed by atoms with E-state index in [1.807, 2.05) is 0 Å². The van der Waals surface area contributed by atoms with Crippen molar-refractivity contribution in [3.63, 3.8) is 0 Å². The first-order chi connectivity index (χ1) is 11.2. The Kier molecular flexibility index (Phi) is 5.10. The fraction of sp³-hybridized carbons (Fsp3) is 0.588. The second-order valence-electron chi connectivity index (χ2n) is 6.06. The van der Waals surface area contributed by atoms with E-state index in [0.29, 0.717) is 0 Å². The van der Waals surface area contributed by atoms with Gasteiger partial charge in [-0.15, -0.1) is 11.3 Å². The van der Waals surface area contributed by atoms with E-state index in [1.165, 1.54) is 4.88 Å². The number of fused-ring (bicyclic) bond motifs is 1. The fourth-order valence-corrected chi connectivity index (χ4v) is 4.02. The van der Waals surface area contributed by atoms with Gasteiger partial charge in [-0.05, 0) is 31.7 Å². The van der Waals surface area contributed by atoms with Crippen LogP contribution in [0, 0.1) is 5.92 Å². The van der Waals surface area contributed by atoms with E-state index < -0.39 is 0 Å². The van der Waals surface area contributed by atoms with Crippen molar-refractivity contribution in [2.75, 3.05) is 24.5 Å². The van der Waals surface area contributed by atoms with Crippen LogP contribution in [-0.4, -0.2) is 35.5 Å². The highest BCUT2D eigenvalue weighted by molar-refractivity contribution is 7.18. The van der Waals surface area contributed by atoms with Crippen molar-refractivity contribution in [2.45, 2.75) is 39.5 Å². The van der Waals surface area contributed by atoms with Crippen LogP contribution in [0.25, 0.3) is 10.2 Å². The molecular weight excluding hydrogens is 308 g/mol. The average Bonchev–Trinajstić information content (AvgIpc) is 3.03. The maximum atomic E-state index is 12.3. The summed E-state index contributed by atoms with van der Waals surface area (Å²) < 4.78 is 0. The van der Waals surface area contributed by atoms with E-state index in [4.69, 9.17) is 0 Å². The molecule has 1 aliphatic heterocycles. The Hall–Kier alpha value is -1.69. The minimum atomic E-state index is 0.0598. The second kappa shape index (κ2) is 7.25. The molecule has 1 unspecified atom stereocenters. The molecule has 1 amide bonds. The number of carbonyl (C=O) groups excluding carboxylic acids is 1. The van der Waals surface area contributed by atoms with Crippen LogP contribution in [-0.2, 0) is 11.2 Å². The van der Waals surface area contributed by atoms with Gasteiger partial charge in [0.05, 0.1) is 11.3 Å². The normalized spacial score (nSPS) is 18.3. The number of hydrogen-bond donors (Lipinski definition) is 1. The Bertz CT molecular complexity index is 684. The van der Waals surface area contributed by atoms with Crippen LogP contribution in [0.3, 0.4) is 0 Å². The van der Waals surface area contributed by atoms with E-state index in [0.717, 1.165) is 61.4 Å². The lowest BCUT2D eigenvalue weighted by atomic mass is 9.97. The molecule has 1 saturated heterocycles. The zero-order chi connectivity index (χ0) is 16.2. The zero-order valence-corrected chi connectivity index (χ0v) is 14.7. The van der Waals surface area contributed by atoms with E-state index in [1.54, 1.807) is 17.7 Å². The third-order valence-electron chi connectivity index (χ3n) is 4.35. The Balaban J connectivity index is 1.81. The van der Waals surface area contributed by atoms with Crippen LogP contribution in [0.1, 0.15) is 38.0 Å². The maximum absolute atomic E-state index is 12.3. The van der Waals surface area contributed by atoms with Crippen LogP contribution in [0.15, 0.2) is 12.4 Å². The molecule has 3 heterocycles. The van der Waals surface area contributed by atoms with Gasteiger partial charge in [0.2, 0.25) is 5.91 Å². The van der Waals surface area contributed by atoms with Gasteiger partial charge in [0.15, 0.2) is 0 Å². The van der Waals surface area contributed by atoms with Crippen LogP contribution in [0.4, 0.5) is 5.82 Å². The lowest BCUT2D eigenvalue weighted by molar-refractivity contribution is -0.125. The molecule has 1 fully saturated rings. The second-order valence-corrected chi connectivity index (χ2v) is 7.17. The Labute approximate surface area is 141 Å². The van der Waals surface area contributed by atoms with Crippen molar-refractivity contribution in [3.05, 3.63) is 17.3 Å². The fourth-order valence-electron chi connectivity index (χ4n) is 3.10. The number of nitrogens with one attached hydrogen (secondary N) is 1. The van der Waals surface area contributed by atoms with Crippen molar-refractivity contribution in [3.8, 4) is 0 Å². The number of nitrogens with zero attached hydrogens (tertiary/aromatic N) is 3. The molecule has 0 bridgehead atoms. The number of piperidine rings is 1. The number of hydrogen-bond acceptors (Lipinski definition) is 5. The molecule has 1 aliphatic rings. The lowest BCUT2D eigenvalue weighted by Gasteiger charge is -2.33. The van der Waals surface area contributed by atoms with E-state index >= 15 is 0 Å². The van der Waals surface area contributed by atoms with Gasteiger partial charge in [0.25, 0.3) is 0 Å². The highest BCUT2D eigenvalue weighted by Gasteiger charge is 2.27.